The Labute approximate surface area is 73.9 Å². The number of hydrogen-bond donors (Lipinski definition) is 1. The Hall–Kier alpha value is -0.0800. The van der Waals surface area contributed by atoms with E-state index in [2.05, 4.69) is 0 Å². The molecular weight excluding hydrogens is 152 g/mol. The van der Waals surface area contributed by atoms with Crippen LogP contribution in [-0.4, -0.2) is 24.4 Å². The van der Waals surface area contributed by atoms with Gasteiger partial charge in [0.25, 0.3) is 0 Å². The van der Waals surface area contributed by atoms with E-state index >= 15 is 0 Å². The van der Waals surface area contributed by atoms with Crippen LogP contribution in [-0.2, 0) is 4.74 Å². The summed E-state index contributed by atoms with van der Waals surface area (Å²) in [6.07, 6.45) is 6.57. The molecule has 0 aromatic carbocycles. The van der Waals surface area contributed by atoms with Crippen LogP contribution in [0.2, 0.25) is 0 Å². The number of aliphatic hydroxyl groups is 1. The number of rotatable bonds is 2. The molecule has 1 heterocycles. The van der Waals surface area contributed by atoms with E-state index < -0.39 is 0 Å². The summed E-state index contributed by atoms with van der Waals surface area (Å²) in [5.74, 6) is 1.32. The lowest BCUT2D eigenvalue weighted by Gasteiger charge is -2.16. The van der Waals surface area contributed by atoms with Crippen molar-refractivity contribution >= 4 is 0 Å². The van der Waals surface area contributed by atoms with Gasteiger partial charge in [-0.15, -0.1) is 0 Å². The first-order chi connectivity index (χ1) is 5.86. The van der Waals surface area contributed by atoms with Crippen LogP contribution >= 0.6 is 0 Å². The van der Waals surface area contributed by atoms with Crippen molar-refractivity contribution in [1.82, 2.24) is 0 Å². The minimum atomic E-state index is -0.175. The van der Waals surface area contributed by atoms with Gasteiger partial charge < -0.3 is 9.84 Å². The van der Waals surface area contributed by atoms with Crippen LogP contribution in [0, 0.1) is 11.8 Å². The van der Waals surface area contributed by atoms with E-state index in [-0.39, 0.29) is 6.10 Å². The molecule has 0 amide bonds. The Morgan fingerprint density at radius 2 is 1.92 bits per heavy atom. The molecule has 0 spiro atoms. The molecule has 70 valence electrons. The maximum absolute atomic E-state index is 9.52. The van der Waals surface area contributed by atoms with E-state index in [0.29, 0.717) is 12.5 Å². The monoisotopic (exact) mass is 170 g/mol. The summed E-state index contributed by atoms with van der Waals surface area (Å²) < 4.78 is 5.23. The van der Waals surface area contributed by atoms with Crippen molar-refractivity contribution in [2.75, 3.05) is 13.2 Å². The molecule has 2 nitrogen and oxygen atoms in total. The summed E-state index contributed by atoms with van der Waals surface area (Å²) in [4.78, 5) is 0. The molecule has 1 saturated heterocycles. The Balaban J connectivity index is 1.77. The van der Waals surface area contributed by atoms with E-state index in [1.54, 1.807) is 0 Å². The average Bonchev–Trinajstić information content (AvgIpc) is 2.65. The lowest BCUT2D eigenvalue weighted by atomic mass is 9.91. The minimum absolute atomic E-state index is 0.175. The highest BCUT2D eigenvalue weighted by Crippen LogP contribution is 2.32. The molecule has 1 saturated carbocycles. The minimum Gasteiger partial charge on any atom is -0.390 e. The molecule has 0 aromatic rings. The fourth-order valence-electron chi connectivity index (χ4n) is 2.49. The molecule has 12 heavy (non-hydrogen) atoms. The van der Waals surface area contributed by atoms with Gasteiger partial charge in [-0.05, 0) is 12.3 Å². The van der Waals surface area contributed by atoms with E-state index in [0.717, 1.165) is 12.5 Å². The molecule has 2 rings (SSSR count). The molecule has 2 fully saturated rings. The summed E-state index contributed by atoms with van der Waals surface area (Å²) in [5.41, 5.74) is 0. The van der Waals surface area contributed by atoms with Crippen LogP contribution in [0.5, 0.6) is 0 Å². The van der Waals surface area contributed by atoms with Crippen molar-refractivity contribution < 1.29 is 9.84 Å². The molecule has 0 bridgehead atoms. The summed E-state index contributed by atoms with van der Waals surface area (Å²) in [6.45, 7) is 1.36. The van der Waals surface area contributed by atoms with E-state index in [4.69, 9.17) is 4.74 Å². The van der Waals surface area contributed by atoms with Gasteiger partial charge in [-0.1, -0.05) is 25.7 Å². The normalized spacial score (nSPS) is 37.8. The number of hydrogen-bond acceptors (Lipinski definition) is 2. The van der Waals surface area contributed by atoms with Crippen molar-refractivity contribution in [2.45, 2.75) is 38.2 Å². The fourth-order valence-corrected chi connectivity index (χ4v) is 2.49. The second-order valence-electron chi connectivity index (χ2n) is 4.25. The van der Waals surface area contributed by atoms with Crippen LogP contribution in [0.1, 0.15) is 32.1 Å². The molecule has 0 radical (unpaired) electrons. The lowest BCUT2D eigenvalue weighted by molar-refractivity contribution is 0.114. The third-order valence-electron chi connectivity index (χ3n) is 3.28. The molecule has 1 aliphatic heterocycles. The Bertz CT molecular complexity index is 141. The van der Waals surface area contributed by atoms with Crippen LogP contribution in [0.3, 0.4) is 0 Å². The average molecular weight is 170 g/mol. The van der Waals surface area contributed by atoms with Crippen molar-refractivity contribution in [1.29, 1.82) is 0 Å². The number of ether oxygens (including phenoxy) is 1. The van der Waals surface area contributed by atoms with E-state index in [1.807, 2.05) is 0 Å². The Morgan fingerprint density at radius 1 is 1.17 bits per heavy atom. The highest BCUT2D eigenvalue weighted by atomic mass is 16.5. The zero-order valence-corrected chi connectivity index (χ0v) is 7.54. The molecule has 2 aliphatic rings. The quantitative estimate of drug-likeness (QED) is 0.681. The molecular formula is C10H18O2. The van der Waals surface area contributed by atoms with Gasteiger partial charge in [0, 0.05) is 5.92 Å². The molecule has 2 heteroatoms. The zero-order valence-electron chi connectivity index (χ0n) is 7.54. The second-order valence-corrected chi connectivity index (χ2v) is 4.25. The second kappa shape index (κ2) is 3.75. The predicted molar refractivity (Wildman–Crippen MR) is 46.9 cm³/mol. The summed E-state index contributed by atoms with van der Waals surface area (Å²) in [7, 11) is 0. The van der Waals surface area contributed by atoms with Gasteiger partial charge in [0.1, 0.15) is 0 Å². The van der Waals surface area contributed by atoms with Crippen molar-refractivity contribution in [3.63, 3.8) is 0 Å². The lowest BCUT2D eigenvalue weighted by Crippen LogP contribution is -2.20. The third-order valence-corrected chi connectivity index (χ3v) is 3.28. The standard InChI is InChI=1S/C10H18O2/c11-10-7-12-6-9(10)5-8-3-1-2-4-8/h8-11H,1-7H2. The summed E-state index contributed by atoms with van der Waals surface area (Å²) >= 11 is 0. The van der Waals surface area contributed by atoms with E-state index in [1.165, 1.54) is 32.1 Å². The smallest absolute Gasteiger partial charge is 0.0823 e. The molecule has 1 N–H and O–H groups in total. The van der Waals surface area contributed by atoms with Crippen molar-refractivity contribution in [3.05, 3.63) is 0 Å². The van der Waals surface area contributed by atoms with Crippen LogP contribution in [0.15, 0.2) is 0 Å². The van der Waals surface area contributed by atoms with Gasteiger partial charge in [0.15, 0.2) is 0 Å². The first kappa shape index (κ1) is 8.52. The van der Waals surface area contributed by atoms with Gasteiger partial charge in [-0.2, -0.15) is 0 Å². The molecule has 2 atom stereocenters. The van der Waals surface area contributed by atoms with Crippen LogP contribution < -0.4 is 0 Å². The SMILES string of the molecule is OC1COCC1CC1CCCC1. The first-order valence-electron chi connectivity index (χ1n) is 5.12. The first-order valence-corrected chi connectivity index (χ1v) is 5.12. The maximum atomic E-state index is 9.52. The van der Waals surface area contributed by atoms with Crippen molar-refractivity contribution in [2.24, 2.45) is 11.8 Å². The molecule has 1 aliphatic carbocycles. The molecule has 0 aromatic heterocycles. The summed E-state index contributed by atoms with van der Waals surface area (Å²) in [6, 6.07) is 0. The highest BCUT2D eigenvalue weighted by molar-refractivity contribution is 4.79. The fraction of sp³-hybridized carbons (Fsp3) is 1.00. The predicted octanol–water partition coefficient (Wildman–Crippen LogP) is 1.57. The maximum Gasteiger partial charge on any atom is 0.0823 e. The summed E-state index contributed by atoms with van der Waals surface area (Å²) in [5, 5.41) is 9.52. The van der Waals surface area contributed by atoms with Crippen LogP contribution in [0.4, 0.5) is 0 Å². The Morgan fingerprint density at radius 3 is 2.50 bits per heavy atom. The van der Waals surface area contributed by atoms with Gasteiger partial charge >= 0.3 is 0 Å². The van der Waals surface area contributed by atoms with Gasteiger partial charge in [0.2, 0.25) is 0 Å². The van der Waals surface area contributed by atoms with Crippen LogP contribution in [0.25, 0.3) is 0 Å². The van der Waals surface area contributed by atoms with Gasteiger partial charge in [0.05, 0.1) is 19.3 Å². The van der Waals surface area contributed by atoms with Gasteiger partial charge in [-0.25, -0.2) is 0 Å². The highest BCUT2D eigenvalue weighted by Gasteiger charge is 2.29. The number of aliphatic hydroxyl groups excluding tert-OH is 1. The van der Waals surface area contributed by atoms with E-state index in [9.17, 15) is 5.11 Å². The third kappa shape index (κ3) is 1.80. The Kier molecular flexibility index (Phi) is 2.66. The zero-order chi connectivity index (χ0) is 8.39. The largest absolute Gasteiger partial charge is 0.390 e. The van der Waals surface area contributed by atoms with Gasteiger partial charge in [-0.3, -0.25) is 0 Å². The topological polar surface area (TPSA) is 29.5 Å². The van der Waals surface area contributed by atoms with Crippen molar-refractivity contribution in [3.8, 4) is 0 Å². The molecule has 2 unspecified atom stereocenters.